The van der Waals surface area contributed by atoms with Gasteiger partial charge in [0.1, 0.15) is 5.82 Å². The van der Waals surface area contributed by atoms with Gasteiger partial charge in [-0.2, -0.15) is 0 Å². The number of pyridine rings is 1. The van der Waals surface area contributed by atoms with Crippen molar-refractivity contribution in [3.63, 3.8) is 0 Å². The molecule has 0 aliphatic carbocycles. The highest BCUT2D eigenvalue weighted by molar-refractivity contribution is 5.87. The summed E-state index contributed by atoms with van der Waals surface area (Å²) in [5.74, 6) is -0.270. The maximum atomic E-state index is 10.6. The van der Waals surface area contributed by atoms with Crippen LogP contribution in [-0.4, -0.2) is 22.1 Å². The maximum absolute atomic E-state index is 10.6. The molecule has 1 aromatic heterocycles. The molecule has 0 spiro atoms. The molecule has 1 heterocycles. The van der Waals surface area contributed by atoms with Crippen LogP contribution in [0.25, 0.3) is 0 Å². The first kappa shape index (κ1) is 11.2. The van der Waals surface area contributed by atoms with Gasteiger partial charge in [0.2, 0.25) is 0 Å². The van der Waals surface area contributed by atoms with E-state index in [1.807, 2.05) is 18.7 Å². The Morgan fingerprint density at radius 3 is 2.60 bits per heavy atom. The first-order valence-corrected chi connectivity index (χ1v) is 4.66. The number of aromatic carboxylic acids is 1. The van der Waals surface area contributed by atoms with Crippen molar-refractivity contribution in [2.45, 2.75) is 19.9 Å². The van der Waals surface area contributed by atoms with Gasteiger partial charge in [-0.1, -0.05) is 6.58 Å². The van der Waals surface area contributed by atoms with Gasteiger partial charge in [0.15, 0.2) is 0 Å². The summed E-state index contributed by atoms with van der Waals surface area (Å²) in [6.45, 7) is 7.70. The number of aromatic nitrogens is 1. The molecule has 0 amide bonds. The summed E-state index contributed by atoms with van der Waals surface area (Å²) in [5.41, 5.74) is 0.187. The molecule has 4 nitrogen and oxygen atoms in total. The summed E-state index contributed by atoms with van der Waals surface area (Å²) in [7, 11) is 0. The summed E-state index contributed by atoms with van der Waals surface area (Å²) < 4.78 is 0. The first-order chi connectivity index (χ1) is 7.06. The largest absolute Gasteiger partial charge is 0.478 e. The van der Waals surface area contributed by atoms with Crippen LogP contribution < -0.4 is 4.90 Å². The lowest BCUT2D eigenvalue weighted by Crippen LogP contribution is -2.25. The van der Waals surface area contributed by atoms with Crippen molar-refractivity contribution in [3.8, 4) is 0 Å². The normalized spacial score (nSPS) is 10.1. The Morgan fingerprint density at radius 1 is 1.60 bits per heavy atom. The third-order valence-electron chi connectivity index (χ3n) is 2.01. The van der Waals surface area contributed by atoms with Gasteiger partial charge in [0, 0.05) is 12.2 Å². The molecule has 15 heavy (non-hydrogen) atoms. The van der Waals surface area contributed by atoms with Crippen molar-refractivity contribution in [3.05, 3.63) is 36.7 Å². The quantitative estimate of drug-likeness (QED) is 0.820. The van der Waals surface area contributed by atoms with Crippen LogP contribution in [0.4, 0.5) is 5.82 Å². The fraction of sp³-hybridized carbons (Fsp3) is 0.273. The molecule has 0 radical (unpaired) electrons. The summed E-state index contributed by atoms with van der Waals surface area (Å²) in [6, 6.07) is 3.44. The Balaban J connectivity index is 2.96. The van der Waals surface area contributed by atoms with Gasteiger partial charge >= 0.3 is 5.97 Å². The Labute approximate surface area is 88.9 Å². The average Bonchev–Trinajstić information content (AvgIpc) is 2.19. The molecule has 80 valence electrons. The lowest BCUT2D eigenvalue weighted by Gasteiger charge is -2.23. The molecule has 0 unspecified atom stereocenters. The van der Waals surface area contributed by atoms with E-state index in [4.69, 9.17) is 5.11 Å². The molecule has 0 saturated carbocycles. The summed E-state index contributed by atoms with van der Waals surface area (Å²) in [5, 5.41) is 8.71. The van der Waals surface area contributed by atoms with Crippen LogP contribution >= 0.6 is 0 Å². The minimum absolute atomic E-state index is 0.187. The SMILES string of the molecule is C=CN(c1ccc(C(=O)O)cn1)C(C)C. The van der Waals surface area contributed by atoms with Gasteiger partial charge in [-0.05, 0) is 32.2 Å². The molecule has 0 aliphatic rings. The lowest BCUT2D eigenvalue weighted by atomic mass is 10.2. The molecule has 0 aliphatic heterocycles. The highest BCUT2D eigenvalue weighted by Crippen LogP contribution is 2.14. The van der Waals surface area contributed by atoms with E-state index in [9.17, 15) is 4.79 Å². The Hall–Kier alpha value is -1.84. The molecular formula is C11H14N2O2. The van der Waals surface area contributed by atoms with Gasteiger partial charge in [0.05, 0.1) is 5.56 Å². The molecule has 0 atom stereocenters. The van der Waals surface area contributed by atoms with E-state index in [0.717, 1.165) is 0 Å². The number of carbonyl (C=O) groups is 1. The van der Waals surface area contributed by atoms with E-state index in [1.54, 1.807) is 12.3 Å². The second-order valence-electron chi connectivity index (χ2n) is 3.39. The van der Waals surface area contributed by atoms with Crippen LogP contribution in [-0.2, 0) is 0 Å². The van der Waals surface area contributed by atoms with E-state index < -0.39 is 5.97 Å². The molecule has 4 heteroatoms. The van der Waals surface area contributed by atoms with Crippen LogP contribution in [0.15, 0.2) is 31.1 Å². The topological polar surface area (TPSA) is 53.4 Å². The highest BCUT2D eigenvalue weighted by Gasteiger charge is 2.09. The van der Waals surface area contributed by atoms with E-state index in [0.29, 0.717) is 5.82 Å². The minimum atomic E-state index is -0.969. The molecule has 1 aromatic rings. The van der Waals surface area contributed by atoms with Gasteiger partial charge in [-0.3, -0.25) is 0 Å². The summed E-state index contributed by atoms with van der Waals surface area (Å²) in [6.07, 6.45) is 3.02. The van der Waals surface area contributed by atoms with Crippen LogP contribution in [0.2, 0.25) is 0 Å². The molecule has 1 N–H and O–H groups in total. The zero-order chi connectivity index (χ0) is 11.4. The standard InChI is InChI=1S/C11H14N2O2/c1-4-13(8(2)3)10-6-5-9(7-12-10)11(14)15/h4-8H,1H2,2-3H3,(H,14,15). The molecule has 0 aromatic carbocycles. The van der Waals surface area contributed by atoms with Crippen molar-refractivity contribution in [1.82, 2.24) is 4.98 Å². The fourth-order valence-corrected chi connectivity index (χ4v) is 1.23. The van der Waals surface area contributed by atoms with Crippen molar-refractivity contribution in [2.75, 3.05) is 4.90 Å². The Bertz CT molecular complexity index is 357. The van der Waals surface area contributed by atoms with E-state index in [-0.39, 0.29) is 11.6 Å². The monoisotopic (exact) mass is 206 g/mol. The molecular weight excluding hydrogens is 192 g/mol. The van der Waals surface area contributed by atoms with Gasteiger partial charge < -0.3 is 10.0 Å². The third kappa shape index (κ3) is 2.56. The number of rotatable bonds is 4. The van der Waals surface area contributed by atoms with Gasteiger partial charge in [-0.15, -0.1) is 0 Å². The van der Waals surface area contributed by atoms with Crippen molar-refractivity contribution in [1.29, 1.82) is 0 Å². The van der Waals surface area contributed by atoms with Gasteiger partial charge in [-0.25, -0.2) is 9.78 Å². The van der Waals surface area contributed by atoms with Crippen LogP contribution in [0.5, 0.6) is 0 Å². The first-order valence-electron chi connectivity index (χ1n) is 4.66. The molecule has 0 bridgehead atoms. The summed E-state index contributed by atoms with van der Waals surface area (Å²) >= 11 is 0. The van der Waals surface area contributed by atoms with Crippen LogP contribution in [0.1, 0.15) is 24.2 Å². The van der Waals surface area contributed by atoms with E-state index in [2.05, 4.69) is 11.6 Å². The zero-order valence-electron chi connectivity index (χ0n) is 8.84. The number of hydrogen-bond acceptors (Lipinski definition) is 3. The Morgan fingerprint density at radius 2 is 2.27 bits per heavy atom. The van der Waals surface area contributed by atoms with E-state index in [1.165, 1.54) is 12.3 Å². The van der Waals surface area contributed by atoms with Gasteiger partial charge in [0.25, 0.3) is 0 Å². The smallest absolute Gasteiger partial charge is 0.337 e. The average molecular weight is 206 g/mol. The van der Waals surface area contributed by atoms with Crippen LogP contribution in [0.3, 0.4) is 0 Å². The number of carboxylic acid groups (broad SMARTS) is 1. The maximum Gasteiger partial charge on any atom is 0.337 e. The second kappa shape index (κ2) is 4.59. The highest BCUT2D eigenvalue weighted by atomic mass is 16.4. The number of hydrogen-bond donors (Lipinski definition) is 1. The molecule has 0 fully saturated rings. The lowest BCUT2D eigenvalue weighted by molar-refractivity contribution is 0.0696. The van der Waals surface area contributed by atoms with Crippen molar-refractivity contribution < 1.29 is 9.90 Å². The minimum Gasteiger partial charge on any atom is -0.478 e. The molecule has 0 saturated heterocycles. The number of anilines is 1. The zero-order valence-corrected chi connectivity index (χ0v) is 8.84. The fourth-order valence-electron chi connectivity index (χ4n) is 1.23. The van der Waals surface area contributed by atoms with Crippen molar-refractivity contribution >= 4 is 11.8 Å². The number of carboxylic acids is 1. The predicted octanol–water partition coefficient (Wildman–Crippen LogP) is 2.14. The number of nitrogens with zero attached hydrogens (tertiary/aromatic N) is 2. The molecule has 1 rings (SSSR count). The summed E-state index contributed by atoms with van der Waals surface area (Å²) in [4.78, 5) is 16.5. The van der Waals surface area contributed by atoms with Crippen molar-refractivity contribution in [2.24, 2.45) is 0 Å². The predicted molar refractivity (Wildman–Crippen MR) is 59.0 cm³/mol. The van der Waals surface area contributed by atoms with Crippen LogP contribution in [0, 0.1) is 0 Å². The van der Waals surface area contributed by atoms with E-state index >= 15 is 0 Å². The second-order valence-corrected chi connectivity index (χ2v) is 3.39. The Kier molecular flexibility index (Phi) is 3.44. The third-order valence-corrected chi connectivity index (χ3v) is 2.01.